The number of nitrogens with one attached hydrogen (secondary N) is 1. The molecule has 0 radical (unpaired) electrons. The molecule has 126 valence electrons. The van der Waals surface area contributed by atoms with Crippen LogP contribution in [-0.4, -0.2) is 28.3 Å². The molecule has 1 unspecified atom stereocenters. The number of piperazine rings is 1. The molecule has 1 aromatic rings. The Bertz CT molecular complexity index is 571. The van der Waals surface area contributed by atoms with E-state index in [0.29, 0.717) is 19.4 Å². The van der Waals surface area contributed by atoms with E-state index < -0.39 is 11.6 Å². The average Bonchev–Trinajstić information content (AvgIpc) is 2.50. The molecule has 1 heterocycles. The first kappa shape index (κ1) is 17.5. The SMILES string of the molecule is CCC1(CC)NC(=O)C(C(C)(C)C)N(Cc2ccccc2)C1=O. The molecule has 4 heteroatoms. The second-order valence-corrected chi connectivity index (χ2v) is 7.47. The fourth-order valence-corrected chi connectivity index (χ4v) is 3.42. The van der Waals surface area contributed by atoms with Gasteiger partial charge in [0.25, 0.3) is 0 Å². The van der Waals surface area contributed by atoms with Gasteiger partial charge in [-0.1, -0.05) is 65.0 Å². The van der Waals surface area contributed by atoms with Gasteiger partial charge in [0.05, 0.1) is 0 Å². The first-order valence-electron chi connectivity index (χ1n) is 8.42. The molecular formula is C19H28N2O2. The maximum absolute atomic E-state index is 13.2. The van der Waals surface area contributed by atoms with Crippen LogP contribution in [-0.2, 0) is 16.1 Å². The summed E-state index contributed by atoms with van der Waals surface area (Å²) in [6.45, 7) is 10.4. The molecule has 4 nitrogen and oxygen atoms in total. The first-order chi connectivity index (χ1) is 10.7. The number of carbonyl (C=O) groups is 2. The number of nitrogens with zero attached hydrogens (tertiary/aromatic N) is 1. The molecule has 2 amide bonds. The molecular weight excluding hydrogens is 288 g/mol. The summed E-state index contributed by atoms with van der Waals surface area (Å²) in [6, 6.07) is 9.42. The topological polar surface area (TPSA) is 49.4 Å². The maximum Gasteiger partial charge on any atom is 0.249 e. The third-order valence-electron chi connectivity index (χ3n) is 4.82. The Balaban J connectivity index is 2.44. The fraction of sp³-hybridized carbons (Fsp3) is 0.579. The largest absolute Gasteiger partial charge is 0.340 e. The fourth-order valence-electron chi connectivity index (χ4n) is 3.42. The highest BCUT2D eigenvalue weighted by Gasteiger charge is 2.52. The van der Waals surface area contributed by atoms with Crippen LogP contribution < -0.4 is 5.32 Å². The van der Waals surface area contributed by atoms with Crippen LogP contribution in [0.15, 0.2) is 30.3 Å². The van der Waals surface area contributed by atoms with E-state index in [1.165, 1.54) is 0 Å². The zero-order chi connectivity index (χ0) is 17.3. The Labute approximate surface area is 139 Å². The van der Waals surface area contributed by atoms with Gasteiger partial charge >= 0.3 is 0 Å². The van der Waals surface area contributed by atoms with E-state index in [1.54, 1.807) is 4.90 Å². The zero-order valence-electron chi connectivity index (χ0n) is 14.8. The Morgan fingerprint density at radius 1 is 1.09 bits per heavy atom. The van der Waals surface area contributed by atoms with Crippen molar-refractivity contribution in [3.63, 3.8) is 0 Å². The molecule has 0 spiro atoms. The van der Waals surface area contributed by atoms with Crippen molar-refractivity contribution in [2.75, 3.05) is 0 Å². The van der Waals surface area contributed by atoms with Crippen molar-refractivity contribution in [3.05, 3.63) is 35.9 Å². The summed E-state index contributed by atoms with van der Waals surface area (Å²) in [5.41, 5.74) is -0.0404. The molecule has 0 saturated carbocycles. The summed E-state index contributed by atoms with van der Waals surface area (Å²) in [6.07, 6.45) is 1.21. The van der Waals surface area contributed by atoms with E-state index in [-0.39, 0.29) is 17.2 Å². The minimum Gasteiger partial charge on any atom is -0.340 e. The van der Waals surface area contributed by atoms with Crippen molar-refractivity contribution in [2.45, 2.75) is 65.6 Å². The molecule has 23 heavy (non-hydrogen) atoms. The quantitative estimate of drug-likeness (QED) is 0.928. The zero-order valence-corrected chi connectivity index (χ0v) is 14.8. The molecule has 1 aliphatic heterocycles. The van der Waals surface area contributed by atoms with Gasteiger partial charge in [-0.05, 0) is 23.8 Å². The van der Waals surface area contributed by atoms with Crippen LogP contribution >= 0.6 is 0 Å². The van der Waals surface area contributed by atoms with E-state index in [1.807, 2.05) is 65.0 Å². The van der Waals surface area contributed by atoms with Crippen molar-refractivity contribution in [2.24, 2.45) is 5.41 Å². The molecule has 1 aliphatic rings. The Kier molecular flexibility index (Phi) is 4.83. The molecule has 1 atom stereocenters. The second-order valence-electron chi connectivity index (χ2n) is 7.47. The predicted octanol–water partition coefficient (Wildman–Crippen LogP) is 3.12. The molecule has 0 aromatic heterocycles. The summed E-state index contributed by atoms with van der Waals surface area (Å²) < 4.78 is 0. The summed E-state index contributed by atoms with van der Waals surface area (Å²) in [4.78, 5) is 27.8. The van der Waals surface area contributed by atoms with Gasteiger partial charge in [0, 0.05) is 6.54 Å². The van der Waals surface area contributed by atoms with Gasteiger partial charge in [0.2, 0.25) is 11.8 Å². The summed E-state index contributed by atoms with van der Waals surface area (Å²) in [5, 5.41) is 3.02. The molecule has 0 bridgehead atoms. The minimum absolute atomic E-state index is 0.0332. The standard InChI is InChI=1S/C19H28N2O2/c1-6-19(7-2)17(23)21(13-14-11-9-8-10-12-14)15(16(22)20-19)18(3,4)5/h8-12,15H,6-7,13H2,1-5H3,(H,20,22). The maximum atomic E-state index is 13.2. The van der Waals surface area contributed by atoms with E-state index in [4.69, 9.17) is 0 Å². The first-order valence-corrected chi connectivity index (χ1v) is 8.42. The molecule has 1 N–H and O–H groups in total. The average molecular weight is 316 g/mol. The Morgan fingerprint density at radius 3 is 2.13 bits per heavy atom. The smallest absolute Gasteiger partial charge is 0.249 e. The highest BCUT2D eigenvalue weighted by atomic mass is 16.2. The van der Waals surface area contributed by atoms with Crippen molar-refractivity contribution in [3.8, 4) is 0 Å². The van der Waals surface area contributed by atoms with Gasteiger partial charge in [-0.25, -0.2) is 0 Å². The molecule has 0 aliphatic carbocycles. The van der Waals surface area contributed by atoms with E-state index in [2.05, 4.69) is 5.32 Å². The van der Waals surface area contributed by atoms with Crippen molar-refractivity contribution < 1.29 is 9.59 Å². The van der Waals surface area contributed by atoms with Gasteiger partial charge in [-0.15, -0.1) is 0 Å². The normalized spacial score (nSPS) is 21.3. The number of hydrogen-bond donors (Lipinski definition) is 1. The number of rotatable bonds is 4. The summed E-state index contributed by atoms with van der Waals surface area (Å²) in [5.74, 6) is -0.0115. The van der Waals surface area contributed by atoms with Crippen LogP contribution in [0, 0.1) is 5.41 Å². The van der Waals surface area contributed by atoms with E-state index in [0.717, 1.165) is 5.56 Å². The van der Waals surface area contributed by atoms with Crippen molar-refractivity contribution in [1.29, 1.82) is 0 Å². The van der Waals surface area contributed by atoms with E-state index in [9.17, 15) is 9.59 Å². The summed E-state index contributed by atoms with van der Waals surface area (Å²) >= 11 is 0. The van der Waals surface area contributed by atoms with Crippen LogP contribution in [0.1, 0.15) is 53.0 Å². The van der Waals surface area contributed by atoms with Crippen molar-refractivity contribution >= 4 is 11.8 Å². The minimum atomic E-state index is -0.770. The Morgan fingerprint density at radius 2 is 1.65 bits per heavy atom. The van der Waals surface area contributed by atoms with Gasteiger partial charge < -0.3 is 10.2 Å². The van der Waals surface area contributed by atoms with Gasteiger partial charge in [-0.2, -0.15) is 0 Å². The second kappa shape index (κ2) is 6.34. The highest BCUT2D eigenvalue weighted by molar-refractivity contribution is 6.00. The van der Waals surface area contributed by atoms with Crippen LogP contribution in [0.2, 0.25) is 0 Å². The Hall–Kier alpha value is -1.84. The van der Waals surface area contributed by atoms with Crippen LogP contribution in [0.3, 0.4) is 0 Å². The molecule has 1 aromatic carbocycles. The lowest BCUT2D eigenvalue weighted by molar-refractivity contribution is -0.160. The molecule has 2 rings (SSSR count). The van der Waals surface area contributed by atoms with Gasteiger partial charge in [-0.3, -0.25) is 9.59 Å². The number of hydrogen-bond acceptors (Lipinski definition) is 2. The monoisotopic (exact) mass is 316 g/mol. The lowest BCUT2D eigenvalue weighted by atomic mass is 9.79. The third kappa shape index (κ3) is 3.26. The third-order valence-corrected chi connectivity index (χ3v) is 4.82. The van der Waals surface area contributed by atoms with Crippen molar-refractivity contribution in [1.82, 2.24) is 10.2 Å². The molecule has 1 fully saturated rings. The van der Waals surface area contributed by atoms with Gasteiger partial charge in [0.1, 0.15) is 11.6 Å². The lowest BCUT2D eigenvalue weighted by Crippen LogP contribution is -2.72. The highest BCUT2D eigenvalue weighted by Crippen LogP contribution is 2.34. The van der Waals surface area contributed by atoms with Crippen LogP contribution in [0.5, 0.6) is 0 Å². The van der Waals surface area contributed by atoms with Gasteiger partial charge in [0.15, 0.2) is 0 Å². The lowest BCUT2D eigenvalue weighted by Gasteiger charge is -2.49. The summed E-state index contributed by atoms with van der Waals surface area (Å²) in [7, 11) is 0. The van der Waals surface area contributed by atoms with Crippen LogP contribution in [0.4, 0.5) is 0 Å². The van der Waals surface area contributed by atoms with Crippen LogP contribution in [0.25, 0.3) is 0 Å². The number of amides is 2. The number of carbonyl (C=O) groups excluding carboxylic acids is 2. The number of benzene rings is 1. The van der Waals surface area contributed by atoms with E-state index >= 15 is 0 Å². The predicted molar refractivity (Wildman–Crippen MR) is 91.7 cm³/mol. The molecule has 1 saturated heterocycles.